The number of likely N-dealkylation sites (tertiary alicyclic amines) is 1. The molecule has 1 aromatic rings. The molecule has 3 nitrogen and oxygen atoms in total. The van der Waals surface area contributed by atoms with Gasteiger partial charge in [0.2, 0.25) is 0 Å². The molecule has 20 heavy (non-hydrogen) atoms. The van der Waals surface area contributed by atoms with E-state index in [9.17, 15) is 5.11 Å². The Kier molecular flexibility index (Phi) is 6.34. The van der Waals surface area contributed by atoms with Gasteiger partial charge in [-0.2, -0.15) is 0 Å². The number of aliphatic hydroxyl groups excluding tert-OH is 1. The van der Waals surface area contributed by atoms with E-state index in [1.165, 1.54) is 32.4 Å². The van der Waals surface area contributed by atoms with Crippen LogP contribution in [0.1, 0.15) is 50.7 Å². The Bertz CT molecular complexity index is 388. The first-order chi connectivity index (χ1) is 9.81. The van der Waals surface area contributed by atoms with Crippen LogP contribution in [-0.4, -0.2) is 36.2 Å². The number of rotatable bonds is 7. The molecule has 0 spiro atoms. The molecule has 1 fully saturated rings. The van der Waals surface area contributed by atoms with Gasteiger partial charge in [0, 0.05) is 12.1 Å². The van der Waals surface area contributed by atoms with Crippen LogP contribution in [0.5, 0.6) is 5.75 Å². The van der Waals surface area contributed by atoms with E-state index in [-0.39, 0.29) is 0 Å². The largest absolute Gasteiger partial charge is 0.493 e. The van der Waals surface area contributed by atoms with Crippen LogP contribution in [0.4, 0.5) is 0 Å². The molecule has 0 radical (unpaired) electrons. The molecule has 1 heterocycles. The Morgan fingerprint density at radius 3 is 2.70 bits per heavy atom. The Hall–Kier alpha value is -1.06. The zero-order valence-electron chi connectivity index (χ0n) is 12.6. The number of nitrogens with zero attached hydrogens (tertiary/aromatic N) is 1. The fourth-order valence-corrected chi connectivity index (χ4v) is 2.74. The van der Waals surface area contributed by atoms with Crippen molar-refractivity contribution < 1.29 is 9.84 Å². The van der Waals surface area contributed by atoms with Crippen molar-refractivity contribution in [2.75, 3.05) is 26.2 Å². The van der Waals surface area contributed by atoms with Crippen molar-refractivity contribution in [3.63, 3.8) is 0 Å². The second kappa shape index (κ2) is 8.28. The average Bonchev–Trinajstić information content (AvgIpc) is 2.52. The minimum Gasteiger partial charge on any atom is -0.493 e. The summed E-state index contributed by atoms with van der Waals surface area (Å²) in [7, 11) is 0. The van der Waals surface area contributed by atoms with Crippen LogP contribution in [0, 0.1) is 0 Å². The van der Waals surface area contributed by atoms with Crippen molar-refractivity contribution in [2.24, 2.45) is 0 Å². The molecule has 2 rings (SSSR count). The summed E-state index contributed by atoms with van der Waals surface area (Å²) in [5.74, 6) is 0.834. The minimum atomic E-state index is -0.426. The van der Waals surface area contributed by atoms with Gasteiger partial charge in [-0.3, -0.25) is 0 Å². The van der Waals surface area contributed by atoms with E-state index < -0.39 is 6.10 Å². The van der Waals surface area contributed by atoms with Gasteiger partial charge in [0.15, 0.2) is 0 Å². The normalized spacial score (nSPS) is 17.9. The van der Waals surface area contributed by atoms with Crippen LogP contribution in [0.25, 0.3) is 0 Å². The summed E-state index contributed by atoms with van der Waals surface area (Å²) >= 11 is 0. The summed E-state index contributed by atoms with van der Waals surface area (Å²) in [4.78, 5) is 2.46. The topological polar surface area (TPSA) is 32.7 Å². The number of hydrogen-bond acceptors (Lipinski definition) is 3. The van der Waals surface area contributed by atoms with Crippen molar-refractivity contribution in [3.05, 3.63) is 29.8 Å². The summed E-state index contributed by atoms with van der Waals surface area (Å²) in [6.45, 7) is 6.13. The lowest BCUT2D eigenvalue weighted by Crippen LogP contribution is -2.31. The number of benzene rings is 1. The van der Waals surface area contributed by atoms with Gasteiger partial charge in [-0.15, -0.1) is 0 Å². The molecule has 1 unspecified atom stereocenters. The number of para-hydroxylation sites is 1. The maximum Gasteiger partial charge on any atom is 0.125 e. The number of piperidine rings is 1. The summed E-state index contributed by atoms with van der Waals surface area (Å²) in [6.07, 6.45) is 5.29. The molecule has 1 aliphatic heterocycles. The van der Waals surface area contributed by atoms with Gasteiger partial charge >= 0.3 is 0 Å². The lowest BCUT2D eigenvalue weighted by Gasteiger charge is -2.27. The Morgan fingerprint density at radius 2 is 1.95 bits per heavy atom. The van der Waals surface area contributed by atoms with Crippen LogP contribution in [0.2, 0.25) is 0 Å². The molecule has 1 aromatic carbocycles. The maximum absolute atomic E-state index is 10.4. The molecule has 0 amide bonds. The van der Waals surface area contributed by atoms with Crippen LogP contribution in [0.15, 0.2) is 24.3 Å². The highest BCUT2D eigenvalue weighted by Gasteiger charge is 2.16. The monoisotopic (exact) mass is 277 g/mol. The second-order valence-corrected chi connectivity index (χ2v) is 5.59. The standard InChI is InChI=1S/C17H27NO2/c1-2-14-20-17-9-5-4-8-15(17)16(19)10-13-18-11-6-3-7-12-18/h4-5,8-9,16,19H,2-3,6-7,10-14H2,1H3. The van der Waals surface area contributed by atoms with E-state index in [1.54, 1.807) is 0 Å². The molecule has 1 atom stereocenters. The molecular weight excluding hydrogens is 250 g/mol. The minimum absolute atomic E-state index is 0.426. The predicted molar refractivity (Wildman–Crippen MR) is 82.1 cm³/mol. The lowest BCUT2D eigenvalue weighted by atomic mass is 10.0. The van der Waals surface area contributed by atoms with Crippen molar-refractivity contribution in [3.8, 4) is 5.75 Å². The third kappa shape index (κ3) is 4.50. The fourth-order valence-electron chi connectivity index (χ4n) is 2.74. The zero-order chi connectivity index (χ0) is 14.2. The van der Waals surface area contributed by atoms with Crippen molar-refractivity contribution in [1.82, 2.24) is 4.90 Å². The van der Waals surface area contributed by atoms with E-state index >= 15 is 0 Å². The van der Waals surface area contributed by atoms with Crippen LogP contribution < -0.4 is 4.74 Å². The Morgan fingerprint density at radius 1 is 1.20 bits per heavy atom. The smallest absolute Gasteiger partial charge is 0.125 e. The first kappa shape index (κ1) is 15.3. The number of aliphatic hydroxyl groups is 1. The molecule has 1 saturated heterocycles. The Labute approximate surface area is 122 Å². The number of ether oxygens (including phenoxy) is 1. The molecule has 1 N–H and O–H groups in total. The highest BCUT2D eigenvalue weighted by Crippen LogP contribution is 2.27. The first-order valence-electron chi connectivity index (χ1n) is 7.93. The Balaban J connectivity index is 1.88. The van der Waals surface area contributed by atoms with Gasteiger partial charge < -0.3 is 14.7 Å². The third-order valence-corrected chi connectivity index (χ3v) is 3.91. The summed E-state index contributed by atoms with van der Waals surface area (Å²) in [5.41, 5.74) is 0.929. The van der Waals surface area contributed by atoms with E-state index in [2.05, 4.69) is 11.8 Å². The summed E-state index contributed by atoms with van der Waals surface area (Å²) in [6, 6.07) is 7.87. The molecule has 0 saturated carbocycles. The van der Waals surface area contributed by atoms with Crippen LogP contribution >= 0.6 is 0 Å². The van der Waals surface area contributed by atoms with Gasteiger partial charge in [-0.05, 0) is 44.8 Å². The van der Waals surface area contributed by atoms with Crippen molar-refractivity contribution in [1.29, 1.82) is 0 Å². The second-order valence-electron chi connectivity index (χ2n) is 5.59. The van der Waals surface area contributed by atoms with Gasteiger partial charge in [-0.1, -0.05) is 31.5 Å². The third-order valence-electron chi connectivity index (χ3n) is 3.91. The summed E-state index contributed by atoms with van der Waals surface area (Å²) in [5, 5.41) is 10.4. The lowest BCUT2D eigenvalue weighted by molar-refractivity contribution is 0.130. The van der Waals surface area contributed by atoms with E-state index in [0.29, 0.717) is 6.61 Å². The summed E-state index contributed by atoms with van der Waals surface area (Å²) < 4.78 is 5.73. The zero-order valence-corrected chi connectivity index (χ0v) is 12.6. The van der Waals surface area contributed by atoms with Gasteiger partial charge in [-0.25, -0.2) is 0 Å². The maximum atomic E-state index is 10.4. The highest BCUT2D eigenvalue weighted by atomic mass is 16.5. The van der Waals surface area contributed by atoms with Crippen LogP contribution in [-0.2, 0) is 0 Å². The quantitative estimate of drug-likeness (QED) is 0.829. The van der Waals surface area contributed by atoms with Gasteiger partial charge in [0.05, 0.1) is 12.7 Å². The molecular formula is C17H27NO2. The molecule has 0 aromatic heterocycles. The SMILES string of the molecule is CCCOc1ccccc1C(O)CCN1CCCCC1. The van der Waals surface area contributed by atoms with Crippen molar-refractivity contribution in [2.45, 2.75) is 45.1 Å². The predicted octanol–water partition coefficient (Wildman–Crippen LogP) is 3.38. The molecule has 0 bridgehead atoms. The van der Waals surface area contributed by atoms with E-state index in [4.69, 9.17) is 4.74 Å². The first-order valence-corrected chi connectivity index (χ1v) is 7.93. The molecule has 112 valence electrons. The highest BCUT2D eigenvalue weighted by molar-refractivity contribution is 5.35. The molecule has 1 aliphatic rings. The van der Waals surface area contributed by atoms with Gasteiger partial charge in [0.1, 0.15) is 5.75 Å². The molecule has 0 aliphatic carbocycles. The van der Waals surface area contributed by atoms with E-state index in [1.807, 2.05) is 24.3 Å². The van der Waals surface area contributed by atoms with Gasteiger partial charge in [0.25, 0.3) is 0 Å². The van der Waals surface area contributed by atoms with Crippen molar-refractivity contribution >= 4 is 0 Å². The van der Waals surface area contributed by atoms with E-state index in [0.717, 1.165) is 30.7 Å². The average molecular weight is 277 g/mol. The number of hydrogen-bond donors (Lipinski definition) is 1. The fraction of sp³-hybridized carbons (Fsp3) is 0.647. The van der Waals surface area contributed by atoms with Crippen LogP contribution in [0.3, 0.4) is 0 Å². The molecule has 3 heteroatoms.